The van der Waals surface area contributed by atoms with Crippen LogP contribution in [0.5, 0.6) is 0 Å². The van der Waals surface area contributed by atoms with Crippen LogP contribution in [0.2, 0.25) is 0 Å². The van der Waals surface area contributed by atoms with E-state index in [4.69, 9.17) is 19.7 Å². The maximum absolute atomic E-state index is 8.56. The minimum absolute atomic E-state index is 0. The van der Waals surface area contributed by atoms with Crippen molar-refractivity contribution in [2.75, 3.05) is 0 Å². The molecular formula is CH6AlClO4. The summed E-state index contributed by atoms with van der Waals surface area (Å²) in [4.78, 5) is 8.56. The Labute approximate surface area is 55.6 Å². The SMILES string of the molecule is O=C(O)O.OCl.[AlH3]. The first kappa shape index (κ1) is 15.7. The molecule has 0 fully saturated rings. The van der Waals surface area contributed by atoms with E-state index in [1.807, 2.05) is 0 Å². The molecular weight excluding hydrogens is 138 g/mol. The molecule has 3 N–H and O–H groups in total. The van der Waals surface area contributed by atoms with Crippen molar-refractivity contribution in [2.45, 2.75) is 0 Å². The van der Waals surface area contributed by atoms with Crippen LogP contribution in [0.4, 0.5) is 4.79 Å². The molecule has 0 aliphatic carbocycles. The molecule has 0 radical (unpaired) electrons. The van der Waals surface area contributed by atoms with Gasteiger partial charge in [-0.3, -0.25) is 4.66 Å². The van der Waals surface area contributed by atoms with E-state index in [1.165, 1.54) is 0 Å². The summed E-state index contributed by atoms with van der Waals surface area (Å²) in [6, 6.07) is 0. The lowest BCUT2D eigenvalue weighted by molar-refractivity contribution is 0.137. The van der Waals surface area contributed by atoms with Gasteiger partial charge in [0.1, 0.15) is 0 Å². The molecule has 0 aromatic carbocycles. The van der Waals surface area contributed by atoms with Crippen LogP contribution >= 0.6 is 11.9 Å². The lowest BCUT2D eigenvalue weighted by Gasteiger charge is -1.60. The van der Waals surface area contributed by atoms with E-state index in [9.17, 15) is 0 Å². The minimum Gasteiger partial charge on any atom is -0.450 e. The molecule has 0 spiro atoms. The standard InChI is InChI=1S/CH2O3.Al.ClHO.3H/c2-1(3)4;;1-2;;;/h(H2,2,3,4);;2H;;;. The normalized spacial score (nSPS) is 4.29. The van der Waals surface area contributed by atoms with Gasteiger partial charge in [-0.05, 0) is 0 Å². The third kappa shape index (κ3) is 36100. The van der Waals surface area contributed by atoms with E-state index in [0.717, 1.165) is 0 Å². The molecule has 0 aromatic rings. The first-order chi connectivity index (χ1) is 2.73. The van der Waals surface area contributed by atoms with Crippen LogP contribution in [0.1, 0.15) is 0 Å². The van der Waals surface area contributed by atoms with Gasteiger partial charge in [-0.25, -0.2) is 4.79 Å². The molecule has 0 unspecified atom stereocenters. The first-order valence-corrected chi connectivity index (χ1v) is 1.16. The predicted molar refractivity (Wildman–Crippen MR) is 28.7 cm³/mol. The average Bonchev–Trinajstić information content (AvgIpc) is 1.41. The molecule has 0 bridgehead atoms. The second-order valence-corrected chi connectivity index (χ2v) is 0.283. The second kappa shape index (κ2) is 16.6. The first-order valence-electron chi connectivity index (χ1n) is 0.820. The molecule has 0 amide bonds. The van der Waals surface area contributed by atoms with Crippen LogP contribution in [0.25, 0.3) is 0 Å². The van der Waals surface area contributed by atoms with Crippen molar-refractivity contribution >= 4 is 35.4 Å². The van der Waals surface area contributed by atoms with Gasteiger partial charge >= 0.3 is 6.16 Å². The van der Waals surface area contributed by atoms with Gasteiger partial charge in [0.15, 0.2) is 17.4 Å². The van der Waals surface area contributed by atoms with Gasteiger partial charge in [0, 0.05) is 0 Å². The summed E-state index contributed by atoms with van der Waals surface area (Å²) in [6.07, 6.45) is -1.83. The molecule has 0 rings (SSSR count). The quantitative estimate of drug-likeness (QED) is 0.388. The van der Waals surface area contributed by atoms with Crippen molar-refractivity contribution in [2.24, 2.45) is 0 Å². The monoisotopic (exact) mass is 144 g/mol. The Hall–Kier alpha value is 0.0525. The smallest absolute Gasteiger partial charge is 0.450 e. The van der Waals surface area contributed by atoms with Crippen LogP contribution in [0, 0.1) is 0 Å². The highest BCUT2D eigenvalue weighted by atomic mass is 35.5. The van der Waals surface area contributed by atoms with Gasteiger partial charge in [-0.1, -0.05) is 0 Å². The average molecular weight is 144 g/mol. The predicted octanol–water partition coefficient (Wildman–Crippen LogP) is -0.829. The van der Waals surface area contributed by atoms with Crippen LogP contribution in [-0.4, -0.2) is 38.4 Å². The summed E-state index contributed by atoms with van der Waals surface area (Å²) in [7, 11) is 0. The van der Waals surface area contributed by atoms with Gasteiger partial charge in [0.25, 0.3) is 0 Å². The summed E-state index contributed by atoms with van der Waals surface area (Å²) in [5.74, 6) is 0. The maximum Gasteiger partial charge on any atom is 0.503 e. The fourth-order valence-electron chi connectivity index (χ4n) is 0. The molecule has 0 saturated heterocycles. The largest absolute Gasteiger partial charge is 0.503 e. The zero-order chi connectivity index (χ0) is 5.58. The van der Waals surface area contributed by atoms with E-state index in [-0.39, 0.29) is 17.4 Å². The Balaban J connectivity index is -0.0000000480. The Morgan fingerprint density at radius 1 is 1.29 bits per heavy atom. The number of carbonyl (C=O) groups is 1. The second-order valence-electron chi connectivity index (χ2n) is 0.283. The van der Waals surface area contributed by atoms with Crippen LogP contribution in [0.15, 0.2) is 0 Å². The van der Waals surface area contributed by atoms with Crippen molar-refractivity contribution in [1.29, 1.82) is 0 Å². The Morgan fingerprint density at radius 2 is 1.29 bits per heavy atom. The Bertz CT molecular complexity index is 34.7. The Morgan fingerprint density at radius 3 is 1.29 bits per heavy atom. The summed E-state index contributed by atoms with van der Waals surface area (Å²) < 4.78 is 6.47. The van der Waals surface area contributed by atoms with Gasteiger partial charge in [0.2, 0.25) is 0 Å². The molecule has 0 aliphatic heterocycles. The number of rotatable bonds is 0. The molecule has 0 aromatic heterocycles. The van der Waals surface area contributed by atoms with Gasteiger partial charge in [-0.15, -0.1) is 0 Å². The topological polar surface area (TPSA) is 77.8 Å². The highest BCUT2D eigenvalue weighted by Crippen LogP contribution is 1.42. The number of hydrogen-bond acceptors (Lipinski definition) is 2. The van der Waals surface area contributed by atoms with Crippen molar-refractivity contribution in [3.63, 3.8) is 0 Å². The van der Waals surface area contributed by atoms with Gasteiger partial charge in [-0.2, -0.15) is 0 Å². The molecule has 0 saturated carbocycles. The fourth-order valence-corrected chi connectivity index (χ4v) is 0. The zero-order valence-corrected chi connectivity index (χ0v) is 3.38. The van der Waals surface area contributed by atoms with E-state index in [1.54, 1.807) is 0 Å². The van der Waals surface area contributed by atoms with Crippen molar-refractivity contribution in [3.8, 4) is 0 Å². The highest BCUT2D eigenvalue weighted by Gasteiger charge is 1.70. The van der Waals surface area contributed by atoms with Crippen LogP contribution in [0.3, 0.4) is 0 Å². The number of hydrogen-bond donors (Lipinski definition) is 3. The molecule has 44 valence electrons. The van der Waals surface area contributed by atoms with Crippen molar-refractivity contribution in [3.05, 3.63) is 0 Å². The van der Waals surface area contributed by atoms with Crippen LogP contribution < -0.4 is 0 Å². The lowest BCUT2D eigenvalue weighted by atomic mass is 11.5. The summed E-state index contributed by atoms with van der Waals surface area (Å²) in [5, 5.41) is 13.9. The number of halogens is 1. The number of carboxylic acid groups (broad SMARTS) is 2. The Kier molecular flexibility index (Phi) is 37.3. The van der Waals surface area contributed by atoms with Crippen LogP contribution in [-0.2, 0) is 0 Å². The van der Waals surface area contributed by atoms with E-state index < -0.39 is 6.16 Å². The molecule has 0 aliphatic rings. The van der Waals surface area contributed by atoms with Gasteiger partial charge < -0.3 is 10.2 Å². The minimum atomic E-state index is -1.83. The highest BCUT2D eigenvalue weighted by molar-refractivity contribution is 6.04. The van der Waals surface area contributed by atoms with E-state index in [0.29, 0.717) is 0 Å². The molecule has 0 atom stereocenters. The zero-order valence-electron chi connectivity index (χ0n) is 2.63. The molecule has 7 heavy (non-hydrogen) atoms. The van der Waals surface area contributed by atoms with E-state index >= 15 is 0 Å². The molecule has 0 heterocycles. The summed E-state index contributed by atoms with van der Waals surface area (Å²) >= 11 is 3.64. The van der Waals surface area contributed by atoms with E-state index in [2.05, 4.69) is 11.9 Å². The molecule has 4 nitrogen and oxygen atoms in total. The third-order valence-electron chi connectivity index (χ3n) is 0. The molecule has 6 heteroatoms. The third-order valence-corrected chi connectivity index (χ3v) is 0. The maximum atomic E-state index is 8.56. The van der Waals surface area contributed by atoms with Crippen molar-refractivity contribution < 1.29 is 19.7 Å². The van der Waals surface area contributed by atoms with Gasteiger partial charge in [0.05, 0.1) is 11.9 Å². The fraction of sp³-hybridized carbons (Fsp3) is 0. The van der Waals surface area contributed by atoms with Crippen molar-refractivity contribution in [1.82, 2.24) is 0 Å². The summed E-state index contributed by atoms with van der Waals surface area (Å²) in [5.41, 5.74) is 0. The summed E-state index contributed by atoms with van der Waals surface area (Å²) in [6.45, 7) is 0. The lowest BCUT2D eigenvalue weighted by Crippen LogP contribution is -1.81.